The average molecular weight is 172 g/mol. The van der Waals surface area contributed by atoms with Crippen LogP contribution >= 0.6 is 0 Å². The lowest BCUT2D eigenvalue weighted by molar-refractivity contribution is 0.345. The summed E-state index contributed by atoms with van der Waals surface area (Å²) in [5, 5.41) is 7.02. The van der Waals surface area contributed by atoms with Crippen molar-refractivity contribution in [3.63, 3.8) is 0 Å². The Morgan fingerprint density at radius 3 is 1.83 bits per heavy atom. The molecule has 0 aliphatic rings. The molecule has 0 radical (unpaired) electrons. The van der Waals surface area contributed by atoms with Gasteiger partial charge in [0.05, 0.1) is 6.17 Å². The quantitative estimate of drug-likeness (QED) is 0.600. The van der Waals surface area contributed by atoms with E-state index in [9.17, 15) is 0 Å². The van der Waals surface area contributed by atoms with E-state index < -0.39 is 0 Å². The van der Waals surface area contributed by atoms with E-state index >= 15 is 0 Å². The molecule has 0 heterocycles. The topological polar surface area (TPSA) is 24.1 Å². The highest BCUT2D eigenvalue weighted by Crippen LogP contribution is 1.95. The minimum atomic E-state index is 0.472. The molecule has 2 N–H and O–H groups in total. The van der Waals surface area contributed by atoms with Gasteiger partial charge in [-0.1, -0.05) is 13.8 Å². The molecule has 0 saturated heterocycles. The lowest BCUT2D eigenvalue weighted by atomic mass is 10.2. The molecule has 0 fully saturated rings. The van der Waals surface area contributed by atoms with Crippen LogP contribution in [0.5, 0.6) is 0 Å². The van der Waals surface area contributed by atoms with Gasteiger partial charge in [0.1, 0.15) is 0 Å². The van der Waals surface area contributed by atoms with Crippen LogP contribution in [-0.4, -0.2) is 18.2 Å². The van der Waals surface area contributed by atoms with Crippen molar-refractivity contribution in [3.05, 3.63) is 0 Å². The number of hydrogen-bond donors (Lipinski definition) is 2. The summed E-state index contributed by atoms with van der Waals surface area (Å²) < 4.78 is 0. The third kappa shape index (κ3) is 5.56. The Morgan fingerprint density at radius 1 is 0.917 bits per heavy atom. The molecular formula is C10H24N2. The van der Waals surface area contributed by atoms with Crippen LogP contribution < -0.4 is 10.6 Å². The molecule has 2 atom stereocenters. The molecule has 2 heteroatoms. The molecular weight excluding hydrogens is 148 g/mol. The summed E-state index contributed by atoms with van der Waals surface area (Å²) in [6, 6.07) is 1.17. The zero-order chi connectivity index (χ0) is 9.56. The summed E-state index contributed by atoms with van der Waals surface area (Å²) >= 11 is 0. The third-order valence-electron chi connectivity index (χ3n) is 2.04. The molecule has 2 unspecified atom stereocenters. The van der Waals surface area contributed by atoms with Gasteiger partial charge in [-0.3, -0.25) is 10.6 Å². The monoisotopic (exact) mass is 172 g/mol. The van der Waals surface area contributed by atoms with Gasteiger partial charge in [0.15, 0.2) is 0 Å². The first-order chi connectivity index (χ1) is 5.60. The van der Waals surface area contributed by atoms with Crippen LogP contribution in [0, 0.1) is 0 Å². The van der Waals surface area contributed by atoms with Crippen molar-refractivity contribution in [1.29, 1.82) is 0 Å². The summed E-state index contributed by atoms with van der Waals surface area (Å²) in [5.41, 5.74) is 0. The van der Waals surface area contributed by atoms with E-state index in [0.29, 0.717) is 18.2 Å². The predicted octanol–water partition coefficient (Wildman–Crippen LogP) is 2.11. The second kappa shape index (κ2) is 6.44. The molecule has 0 saturated carbocycles. The van der Waals surface area contributed by atoms with Gasteiger partial charge < -0.3 is 0 Å². The highest BCUT2D eigenvalue weighted by molar-refractivity contribution is 4.69. The molecule has 74 valence electrons. The van der Waals surface area contributed by atoms with Crippen LogP contribution in [0.1, 0.15) is 47.5 Å². The zero-order valence-electron chi connectivity index (χ0n) is 9.15. The summed E-state index contributed by atoms with van der Waals surface area (Å²) in [6.07, 6.45) is 2.80. The van der Waals surface area contributed by atoms with Crippen LogP contribution in [0.2, 0.25) is 0 Å². The van der Waals surface area contributed by atoms with Gasteiger partial charge in [0, 0.05) is 12.1 Å². The van der Waals surface area contributed by atoms with Crippen molar-refractivity contribution >= 4 is 0 Å². The van der Waals surface area contributed by atoms with Gasteiger partial charge in [-0.2, -0.15) is 0 Å². The number of rotatable bonds is 6. The van der Waals surface area contributed by atoms with Crippen molar-refractivity contribution in [2.24, 2.45) is 0 Å². The molecule has 0 rings (SSSR count). The molecule has 0 aliphatic heterocycles. The fraction of sp³-hybridized carbons (Fsp3) is 1.00. The molecule has 0 aliphatic carbocycles. The van der Waals surface area contributed by atoms with Crippen LogP contribution in [-0.2, 0) is 0 Å². The predicted molar refractivity (Wildman–Crippen MR) is 55.2 cm³/mol. The molecule has 0 aromatic heterocycles. The van der Waals surface area contributed by atoms with E-state index in [2.05, 4.69) is 45.3 Å². The number of nitrogens with one attached hydrogen (secondary N) is 2. The first-order valence-corrected chi connectivity index (χ1v) is 5.12. The first-order valence-electron chi connectivity index (χ1n) is 5.12. The van der Waals surface area contributed by atoms with E-state index in [-0.39, 0.29) is 0 Å². The maximum absolute atomic E-state index is 3.54. The van der Waals surface area contributed by atoms with Crippen molar-refractivity contribution in [2.45, 2.75) is 65.7 Å². The van der Waals surface area contributed by atoms with Crippen LogP contribution in [0.4, 0.5) is 0 Å². The third-order valence-corrected chi connectivity index (χ3v) is 2.04. The molecule has 0 aromatic rings. The normalized spacial score (nSPS) is 16.5. The van der Waals surface area contributed by atoms with Crippen molar-refractivity contribution in [3.8, 4) is 0 Å². The maximum Gasteiger partial charge on any atom is 0.0572 e. The first kappa shape index (κ1) is 11.9. The minimum Gasteiger partial charge on any atom is -0.300 e. The van der Waals surface area contributed by atoms with Crippen molar-refractivity contribution < 1.29 is 0 Å². The summed E-state index contributed by atoms with van der Waals surface area (Å²) in [7, 11) is 0. The van der Waals surface area contributed by atoms with E-state index in [4.69, 9.17) is 0 Å². The van der Waals surface area contributed by atoms with Crippen LogP contribution in [0.3, 0.4) is 0 Å². The van der Waals surface area contributed by atoms with E-state index in [1.54, 1.807) is 0 Å². The lowest BCUT2D eigenvalue weighted by Crippen LogP contribution is -2.48. The Morgan fingerprint density at radius 2 is 1.50 bits per heavy atom. The molecule has 12 heavy (non-hydrogen) atoms. The fourth-order valence-corrected chi connectivity index (χ4v) is 1.15. The average Bonchev–Trinajstić information content (AvgIpc) is 2.02. The second-order valence-corrected chi connectivity index (χ2v) is 3.76. The van der Waals surface area contributed by atoms with Gasteiger partial charge in [0.2, 0.25) is 0 Å². The minimum absolute atomic E-state index is 0.472. The van der Waals surface area contributed by atoms with Gasteiger partial charge >= 0.3 is 0 Å². The Balaban J connectivity index is 3.66. The Kier molecular flexibility index (Phi) is 6.39. The fourth-order valence-electron chi connectivity index (χ4n) is 1.15. The smallest absolute Gasteiger partial charge is 0.0572 e. The highest BCUT2D eigenvalue weighted by atomic mass is 15.1. The largest absolute Gasteiger partial charge is 0.300 e. The van der Waals surface area contributed by atoms with Gasteiger partial charge in [0.25, 0.3) is 0 Å². The Labute approximate surface area is 77.1 Å². The summed E-state index contributed by atoms with van der Waals surface area (Å²) in [4.78, 5) is 0. The van der Waals surface area contributed by atoms with Crippen LogP contribution in [0.25, 0.3) is 0 Å². The maximum atomic E-state index is 3.54. The Bertz CT molecular complexity index is 102. The molecule has 0 spiro atoms. The zero-order valence-corrected chi connectivity index (χ0v) is 9.15. The Hall–Kier alpha value is -0.0800. The van der Waals surface area contributed by atoms with Crippen molar-refractivity contribution in [1.82, 2.24) is 10.6 Å². The molecule has 2 nitrogen and oxygen atoms in total. The SMILES string of the molecule is CCC(C)NC(CC)NC(C)C. The van der Waals surface area contributed by atoms with Gasteiger partial charge in [-0.05, 0) is 33.6 Å². The molecule has 0 aromatic carbocycles. The van der Waals surface area contributed by atoms with Crippen molar-refractivity contribution in [2.75, 3.05) is 0 Å². The van der Waals surface area contributed by atoms with E-state index in [1.165, 1.54) is 6.42 Å². The second-order valence-electron chi connectivity index (χ2n) is 3.76. The highest BCUT2D eigenvalue weighted by Gasteiger charge is 2.08. The van der Waals surface area contributed by atoms with E-state index in [1.807, 2.05) is 0 Å². The van der Waals surface area contributed by atoms with Crippen LogP contribution in [0.15, 0.2) is 0 Å². The summed E-state index contributed by atoms with van der Waals surface area (Å²) in [5.74, 6) is 0. The number of hydrogen-bond acceptors (Lipinski definition) is 2. The van der Waals surface area contributed by atoms with Gasteiger partial charge in [-0.25, -0.2) is 0 Å². The molecule has 0 bridgehead atoms. The lowest BCUT2D eigenvalue weighted by Gasteiger charge is -2.24. The standard InChI is InChI=1S/C10H24N2/c1-6-9(5)12-10(7-2)11-8(3)4/h8-12H,6-7H2,1-5H3. The van der Waals surface area contributed by atoms with E-state index in [0.717, 1.165) is 6.42 Å². The van der Waals surface area contributed by atoms with Gasteiger partial charge in [-0.15, -0.1) is 0 Å². The summed E-state index contributed by atoms with van der Waals surface area (Å²) in [6.45, 7) is 11.0. The molecule has 0 amide bonds.